The van der Waals surface area contributed by atoms with Crippen LogP contribution < -0.4 is 16.0 Å². The van der Waals surface area contributed by atoms with Gasteiger partial charge in [0.2, 0.25) is 11.8 Å². The van der Waals surface area contributed by atoms with E-state index >= 15 is 0 Å². The van der Waals surface area contributed by atoms with E-state index in [-0.39, 0.29) is 30.3 Å². The lowest BCUT2D eigenvalue weighted by Crippen LogP contribution is -2.47. The fraction of sp³-hybridized carbons (Fsp3) is 0.867. The minimum atomic E-state index is -0.454. The zero-order valence-corrected chi connectivity index (χ0v) is 14.2. The van der Waals surface area contributed by atoms with Crippen LogP contribution in [-0.4, -0.2) is 37.0 Å². The van der Waals surface area contributed by atoms with Crippen LogP contribution in [0.1, 0.15) is 52.9 Å². The number of hydrogen-bond acceptors (Lipinski definition) is 3. The fourth-order valence-electron chi connectivity index (χ4n) is 2.35. The van der Waals surface area contributed by atoms with Crippen LogP contribution in [0.5, 0.6) is 0 Å². The maximum atomic E-state index is 11.8. The number of carbonyl (C=O) groups excluding carboxylic acids is 2. The van der Waals surface area contributed by atoms with Crippen LogP contribution >= 0.6 is 12.4 Å². The maximum Gasteiger partial charge on any atom is 0.242 e. The van der Waals surface area contributed by atoms with Gasteiger partial charge in [-0.15, -0.1) is 12.4 Å². The Balaban J connectivity index is 0.00000400. The second-order valence-corrected chi connectivity index (χ2v) is 5.84. The van der Waals surface area contributed by atoms with Crippen molar-refractivity contribution >= 4 is 24.2 Å². The van der Waals surface area contributed by atoms with E-state index in [0.717, 1.165) is 38.8 Å². The minimum absolute atomic E-state index is 0. The van der Waals surface area contributed by atoms with Gasteiger partial charge in [0, 0.05) is 12.5 Å². The van der Waals surface area contributed by atoms with E-state index < -0.39 is 6.04 Å². The molecule has 0 aromatic rings. The molecule has 0 spiro atoms. The zero-order chi connectivity index (χ0) is 15.0. The van der Waals surface area contributed by atoms with Crippen molar-refractivity contribution in [3.63, 3.8) is 0 Å². The number of amides is 2. The van der Waals surface area contributed by atoms with Crippen LogP contribution in [0.3, 0.4) is 0 Å². The second kappa shape index (κ2) is 10.9. The molecule has 2 amide bonds. The molecule has 124 valence electrons. The topological polar surface area (TPSA) is 70.2 Å². The number of piperidine rings is 1. The van der Waals surface area contributed by atoms with E-state index in [4.69, 9.17) is 0 Å². The van der Waals surface area contributed by atoms with Crippen molar-refractivity contribution in [3.05, 3.63) is 0 Å². The molecule has 21 heavy (non-hydrogen) atoms. The Morgan fingerprint density at radius 3 is 2.38 bits per heavy atom. The van der Waals surface area contributed by atoms with Crippen molar-refractivity contribution in [1.82, 2.24) is 16.0 Å². The van der Waals surface area contributed by atoms with Gasteiger partial charge in [0.05, 0.1) is 0 Å². The quantitative estimate of drug-likeness (QED) is 0.667. The van der Waals surface area contributed by atoms with Crippen LogP contribution in [0, 0.1) is 5.92 Å². The van der Waals surface area contributed by atoms with Crippen LogP contribution in [0.4, 0.5) is 0 Å². The number of halogens is 1. The summed E-state index contributed by atoms with van der Waals surface area (Å²) in [7, 11) is 0. The average Bonchev–Trinajstić information content (AvgIpc) is 2.45. The van der Waals surface area contributed by atoms with E-state index in [9.17, 15) is 9.59 Å². The standard InChI is InChI=1S/C15H29N3O2.ClH/c1-4-11(2)17-15(20)12(3)18-14(19)6-5-13-7-9-16-10-8-13;/h11-13,16H,4-10H2,1-3H3,(H,17,20)(H,18,19);1H. The largest absolute Gasteiger partial charge is 0.352 e. The minimum Gasteiger partial charge on any atom is -0.352 e. The molecule has 0 radical (unpaired) electrons. The Bertz CT molecular complexity index is 320. The molecule has 1 saturated heterocycles. The molecule has 0 bridgehead atoms. The van der Waals surface area contributed by atoms with Gasteiger partial charge in [0.25, 0.3) is 0 Å². The van der Waals surface area contributed by atoms with Gasteiger partial charge in [-0.05, 0) is 58.5 Å². The van der Waals surface area contributed by atoms with E-state index in [1.165, 1.54) is 0 Å². The lowest BCUT2D eigenvalue weighted by Gasteiger charge is -2.22. The van der Waals surface area contributed by atoms with Gasteiger partial charge < -0.3 is 16.0 Å². The molecule has 2 unspecified atom stereocenters. The summed E-state index contributed by atoms with van der Waals surface area (Å²) < 4.78 is 0. The van der Waals surface area contributed by atoms with Gasteiger partial charge in [-0.25, -0.2) is 0 Å². The molecular formula is C15H30ClN3O2. The van der Waals surface area contributed by atoms with Crippen LogP contribution in [0.15, 0.2) is 0 Å². The molecule has 1 aliphatic rings. The zero-order valence-electron chi connectivity index (χ0n) is 13.4. The molecule has 5 nitrogen and oxygen atoms in total. The summed E-state index contributed by atoms with van der Waals surface area (Å²) in [5, 5.41) is 8.98. The second-order valence-electron chi connectivity index (χ2n) is 5.84. The summed E-state index contributed by atoms with van der Waals surface area (Å²) in [5.74, 6) is 0.524. The highest BCUT2D eigenvalue weighted by Gasteiger charge is 2.18. The summed E-state index contributed by atoms with van der Waals surface area (Å²) in [6.07, 6.45) is 4.63. The summed E-state index contributed by atoms with van der Waals surface area (Å²) in [6.45, 7) is 7.83. The Hall–Kier alpha value is -0.810. The first-order valence-corrected chi connectivity index (χ1v) is 7.83. The number of carbonyl (C=O) groups is 2. The van der Waals surface area contributed by atoms with Crippen molar-refractivity contribution in [3.8, 4) is 0 Å². The van der Waals surface area contributed by atoms with Crippen molar-refractivity contribution < 1.29 is 9.59 Å². The molecule has 1 heterocycles. The number of hydrogen-bond donors (Lipinski definition) is 3. The molecule has 1 rings (SSSR count). The first-order valence-electron chi connectivity index (χ1n) is 7.83. The van der Waals surface area contributed by atoms with Crippen LogP contribution in [0.2, 0.25) is 0 Å². The van der Waals surface area contributed by atoms with Crippen LogP contribution in [0.25, 0.3) is 0 Å². The van der Waals surface area contributed by atoms with E-state index in [2.05, 4.69) is 16.0 Å². The molecular weight excluding hydrogens is 290 g/mol. The molecule has 0 aromatic carbocycles. The predicted molar refractivity (Wildman–Crippen MR) is 87.6 cm³/mol. The number of nitrogens with one attached hydrogen (secondary N) is 3. The van der Waals surface area contributed by atoms with Crippen molar-refractivity contribution in [2.75, 3.05) is 13.1 Å². The predicted octanol–water partition coefficient (Wildman–Crippen LogP) is 1.61. The molecule has 0 aromatic heterocycles. The molecule has 0 aliphatic carbocycles. The van der Waals surface area contributed by atoms with E-state index in [0.29, 0.717) is 12.3 Å². The molecule has 3 N–H and O–H groups in total. The number of rotatable bonds is 7. The molecule has 0 saturated carbocycles. The van der Waals surface area contributed by atoms with Crippen molar-refractivity contribution in [1.29, 1.82) is 0 Å². The van der Waals surface area contributed by atoms with E-state index in [1.807, 2.05) is 13.8 Å². The summed E-state index contributed by atoms with van der Waals surface area (Å²) in [5.41, 5.74) is 0. The highest BCUT2D eigenvalue weighted by atomic mass is 35.5. The van der Waals surface area contributed by atoms with Gasteiger partial charge in [-0.3, -0.25) is 9.59 Å². The lowest BCUT2D eigenvalue weighted by atomic mass is 9.93. The lowest BCUT2D eigenvalue weighted by molar-refractivity contribution is -0.129. The fourth-order valence-corrected chi connectivity index (χ4v) is 2.35. The van der Waals surface area contributed by atoms with Gasteiger partial charge in [0.15, 0.2) is 0 Å². The third-order valence-corrected chi connectivity index (χ3v) is 4.01. The first-order chi connectivity index (χ1) is 9.52. The van der Waals surface area contributed by atoms with E-state index in [1.54, 1.807) is 6.92 Å². The molecule has 6 heteroatoms. The Morgan fingerprint density at radius 2 is 1.81 bits per heavy atom. The third-order valence-electron chi connectivity index (χ3n) is 4.01. The highest BCUT2D eigenvalue weighted by Crippen LogP contribution is 2.17. The third kappa shape index (κ3) is 8.27. The SMILES string of the molecule is CCC(C)NC(=O)C(C)NC(=O)CCC1CCNCC1.Cl. The van der Waals surface area contributed by atoms with Gasteiger partial charge in [0.1, 0.15) is 6.04 Å². The Morgan fingerprint density at radius 1 is 1.19 bits per heavy atom. The summed E-state index contributed by atoms with van der Waals surface area (Å²) in [4.78, 5) is 23.7. The summed E-state index contributed by atoms with van der Waals surface area (Å²) in [6, 6.07) is -0.305. The normalized spacial score (nSPS) is 18.2. The molecule has 1 aliphatic heterocycles. The maximum absolute atomic E-state index is 11.8. The Kier molecular flexibility index (Phi) is 10.4. The van der Waals surface area contributed by atoms with Gasteiger partial charge in [-0.2, -0.15) is 0 Å². The van der Waals surface area contributed by atoms with Gasteiger partial charge >= 0.3 is 0 Å². The first kappa shape index (κ1) is 20.2. The van der Waals surface area contributed by atoms with Gasteiger partial charge in [-0.1, -0.05) is 6.92 Å². The molecule has 1 fully saturated rings. The van der Waals surface area contributed by atoms with Crippen LogP contribution in [-0.2, 0) is 9.59 Å². The highest BCUT2D eigenvalue weighted by molar-refractivity contribution is 5.87. The molecule has 2 atom stereocenters. The van der Waals surface area contributed by atoms with Crippen molar-refractivity contribution in [2.24, 2.45) is 5.92 Å². The van der Waals surface area contributed by atoms with Crippen molar-refractivity contribution in [2.45, 2.75) is 65.0 Å². The average molecular weight is 320 g/mol. The summed E-state index contributed by atoms with van der Waals surface area (Å²) >= 11 is 0. The monoisotopic (exact) mass is 319 g/mol. The Labute approximate surface area is 134 Å². The smallest absolute Gasteiger partial charge is 0.242 e.